The quantitative estimate of drug-likeness (QED) is 0.178. The maximum Gasteiger partial charge on any atom is 0.0451 e. The minimum atomic E-state index is -0.262. The number of nitrogens with zero attached hydrogens (tertiary/aromatic N) is 2. The molecule has 0 radical (unpaired) electrons. The molecule has 2 heteroatoms. The smallest absolute Gasteiger partial charge is 0.0451 e. The zero-order valence-corrected chi connectivity index (χ0v) is 27.4. The second-order valence-electron chi connectivity index (χ2n) is 13.6. The molecule has 0 N–H and O–H groups in total. The third-order valence-electron chi connectivity index (χ3n) is 10.8. The molecule has 0 spiro atoms. The number of hydrogen-bond acceptors (Lipinski definition) is 2. The van der Waals surface area contributed by atoms with E-state index in [1.54, 1.807) is 5.56 Å². The lowest BCUT2D eigenvalue weighted by atomic mass is 9.48. The minimum absolute atomic E-state index is 0.140. The monoisotopic (exact) mass is 590 g/mol. The minimum Gasteiger partial charge on any atom is -0.302 e. The van der Waals surface area contributed by atoms with Crippen molar-refractivity contribution in [3.8, 4) is 0 Å². The van der Waals surface area contributed by atoms with Crippen LogP contribution in [-0.4, -0.2) is 38.0 Å². The highest BCUT2D eigenvalue weighted by Gasteiger charge is 2.59. The Bertz CT molecular complexity index is 1820. The second-order valence-corrected chi connectivity index (χ2v) is 13.6. The summed E-state index contributed by atoms with van der Waals surface area (Å²) in [4.78, 5) is 5.05. The van der Waals surface area contributed by atoms with E-state index in [1.165, 1.54) is 44.2 Å². The van der Waals surface area contributed by atoms with Crippen LogP contribution >= 0.6 is 0 Å². The predicted octanol–water partition coefficient (Wildman–Crippen LogP) is 9.62. The highest BCUT2D eigenvalue weighted by atomic mass is 15.1. The van der Waals surface area contributed by atoms with Crippen molar-refractivity contribution in [2.24, 2.45) is 5.92 Å². The summed E-state index contributed by atoms with van der Waals surface area (Å²) in [5.74, 6) is 0.547. The van der Waals surface area contributed by atoms with Gasteiger partial charge in [0.15, 0.2) is 0 Å². The molecule has 228 valence electrons. The summed E-state index contributed by atoms with van der Waals surface area (Å²) >= 11 is 0. The first-order chi connectivity index (χ1) is 22.0. The van der Waals surface area contributed by atoms with E-state index in [4.69, 9.17) is 0 Å². The summed E-state index contributed by atoms with van der Waals surface area (Å²) in [6.07, 6.45) is 8.19. The van der Waals surface area contributed by atoms with Crippen molar-refractivity contribution in [2.75, 3.05) is 28.2 Å². The van der Waals surface area contributed by atoms with Crippen molar-refractivity contribution in [3.05, 3.63) is 160 Å². The van der Waals surface area contributed by atoms with Crippen LogP contribution in [0.2, 0.25) is 0 Å². The number of rotatable bonds is 8. The average Bonchev–Trinajstić information content (AvgIpc) is 3.50. The van der Waals surface area contributed by atoms with E-state index in [1.807, 2.05) is 0 Å². The molecule has 2 nitrogen and oxygen atoms in total. The third-order valence-corrected chi connectivity index (χ3v) is 10.8. The van der Waals surface area contributed by atoms with E-state index in [0.717, 1.165) is 19.3 Å². The van der Waals surface area contributed by atoms with E-state index in [9.17, 15) is 0 Å². The van der Waals surface area contributed by atoms with Crippen LogP contribution in [0.3, 0.4) is 0 Å². The van der Waals surface area contributed by atoms with Crippen molar-refractivity contribution in [3.63, 3.8) is 0 Å². The highest BCUT2D eigenvalue weighted by Crippen LogP contribution is 2.64. The molecule has 5 atom stereocenters. The lowest BCUT2D eigenvalue weighted by Crippen LogP contribution is -2.56. The molecule has 0 amide bonds. The van der Waals surface area contributed by atoms with Gasteiger partial charge in [0.1, 0.15) is 0 Å². The van der Waals surface area contributed by atoms with Crippen molar-refractivity contribution >= 4 is 16.8 Å². The topological polar surface area (TPSA) is 6.48 Å². The van der Waals surface area contributed by atoms with Crippen molar-refractivity contribution in [1.29, 1.82) is 0 Å². The van der Waals surface area contributed by atoms with Gasteiger partial charge in [0, 0.05) is 23.4 Å². The van der Waals surface area contributed by atoms with Gasteiger partial charge in [0.05, 0.1) is 0 Å². The number of allylic oxidation sites excluding steroid dienone is 1. The first-order valence-corrected chi connectivity index (χ1v) is 16.7. The molecule has 0 bridgehead atoms. The molecule has 0 fully saturated rings. The summed E-state index contributed by atoms with van der Waals surface area (Å²) in [6, 6.07) is 43.9. The normalized spacial score (nSPS) is 22.0. The number of hydrogen-bond donors (Lipinski definition) is 0. The Morgan fingerprint density at radius 2 is 1.38 bits per heavy atom. The Morgan fingerprint density at radius 1 is 0.733 bits per heavy atom. The van der Waals surface area contributed by atoms with Crippen LogP contribution in [0, 0.1) is 5.92 Å². The molecule has 0 saturated heterocycles. The van der Waals surface area contributed by atoms with Gasteiger partial charge in [0.2, 0.25) is 0 Å². The number of fused-ring (bicyclic) bond motifs is 3. The van der Waals surface area contributed by atoms with E-state index in [2.05, 4.69) is 172 Å². The van der Waals surface area contributed by atoms with Gasteiger partial charge in [-0.25, -0.2) is 0 Å². The molecular weight excluding hydrogens is 544 g/mol. The summed E-state index contributed by atoms with van der Waals surface area (Å²) < 4.78 is 0. The van der Waals surface area contributed by atoms with Gasteiger partial charge in [-0.1, -0.05) is 134 Å². The van der Waals surface area contributed by atoms with E-state index in [0.29, 0.717) is 5.92 Å². The van der Waals surface area contributed by atoms with Crippen LogP contribution in [0.5, 0.6) is 0 Å². The molecule has 0 aliphatic heterocycles. The first kappa shape index (κ1) is 29.7. The van der Waals surface area contributed by atoms with Gasteiger partial charge < -0.3 is 9.80 Å². The first-order valence-electron chi connectivity index (χ1n) is 16.7. The van der Waals surface area contributed by atoms with Crippen LogP contribution in [0.1, 0.15) is 70.3 Å². The van der Waals surface area contributed by atoms with Crippen LogP contribution in [0.4, 0.5) is 0 Å². The van der Waals surface area contributed by atoms with E-state index < -0.39 is 0 Å². The zero-order chi connectivity index (χ0) is 31.1. The Labute approximate surface area is 270 Å². The van der Waals surface area contributed by atoms with Crippen molar-refractivity contribution < 1.29 is 0 Å². The van der Waals surface area contributed by atoms with E-state index in [-0.39, 0.29) is 23.4 Å². The number of aryl methyl sites for hydroxylation is 2. The molecule has 0 saturated carbocycles. The summed E-state index contributed by atoms with van der Waals surface area (Å²) in [7, 11) is 9.22. The van der Waals surface area contributed by atoms with Gasteiger partial charge in [-0.15, -0.1) is 0 Å². The fourth-order valence-electron chi connectivity index (χ4n) is 9.48. The largest absolute Gasteiger partial charge is 0.302 e. The third kappa shape index (κ3) is 4.78. The standard InChI is InChI=1S/C43H46N2/c1-6-35-36-23-15-14-22-33(36)29-34-26-28-39(41(44(2)3)31-18-9-7-10-19-31)43(40(34)35,38-27-25-30-17-13-16-24-37(30)38)42(45(4)5)32-20-11-8-12-21-32/h7-25,27,29,38-39,41-42H,6,26,28H2,1-5H3. The predicted molar refractivity (Wildman–Crippen MR) is 191 cm³/mol. The molecule has 45 heavy (non-hydrogen) atoms. The molecule has 5 aromatic rings. The van der Waals surface area contributed by atoms with Gasteiger partial charge in [0.25, 0.3) is 0 Å². The van der Waals surface area contributed by atoms with Gasteiger partial charge in [-0.3, -0.25) is 0 Å². The molecule has 2 aliphatic carbocycles. The molecular formula is C43H46N2. The maximum atomic E-state index is 2.57. The summed E-state index contributed by atoms with van der Waals surface area (Å²) in [5.41, 5.74) is 10.0. The lowest BCUT2D eigenvalue weighted by Gasteiger charge is -2.59. The highest BCUT2D eigenvalue weighted by molar-refractivity contribution is 5.89. The molecule has 2 aliphatic rings. The van der Waals surface area contributed by atoms with Crippen LogP contribution in [0.15, 0.2) is 121 Å². The van der Waals surface area contributed by atoms with Gasteiger partial charge in [-0.2, -0.15) is 0 Å². The number of likely N-dealkylation sites (N-methyl/N-ethyl adjacent to an activating group) is 1. The molecule has 5 aromatic carbocycles. The molecule has 7 rings (SSSR count). The Morgan fingerprint density at radius 3 is 2.07 bits per heavy atom. The summed E-state index contributed by atoms with van der Waals surface area (Å²) in [5, 5.41) is 2.78. The van der Waals surface area contributed by atoms with Crippen molar-refractivity contribution in [2.45, 2.75) is 49.6 Å². The Kier molecular flexibility index (Phi) is 7.98. The van der Waals surface area contributed by atoms with Crippen LogP contribution in [-0.2, 0) is 18.3 Å². The zero-order valence-electron chi connectivity index (χ0n) is 27.4. The Hall–Kier alpha value is -3.98. The maximum absolute atomic E-state index is 2.57. The summed E-state index contributed by atoms with van der Waals surface area (Å²) in [6.45, 7) is 2.38. The molecule has 0 heterocycles. The van der Waals surface area contributed by atoms with Crippen LogP contribution < -0.4 is 0 Å². The van der Waals surface area contributed by atoms with Crippen molar-refractivity contribution in [1.82, 2.24) is 9.80 Å². The fourth-order valence-corrected chi connectivity index (χ4v) is 9.48. The van der Waals surface area contributed by atoms with Gasteiger partial charge in [-0.05, 0) is 103 Å². The van der Waals surface area contributed by atoms with Crippen LogP contribution in [0.25, 0.3) is 16.8 Å². The Balaban J connectivity index is 1.67. The number of benzene rings is 5. The average molecular weight is 591 g/mol. The molecule has 5 unspecified atom stereocenters. The fraction of sp³-hybridized carbons (Fsp3) is 0.302. The van der Waals surface area contributed by atoms with E-state index >= 15 is 0 Å². The van der Waals surface area contributed by atoms with Gasteiger partial charge >= 0.3 is 0 Å². The second kappa shape index (κ2) is 12.1. The molecule has 0 aromatic heterocycles. The SMILES string of the molecule is CCc1c2c(cc3ccccc13)CCC(C(c1ccccc1)N(C)C)C2(C1C=Cc2ccccc21)C(c1ccccc1)N(C)C. The lowest BCUT2D eigenvalue weighted by molar-refractivity contribution is 0.0322.